The lowest BCUT2D eigenvalue weighted by Crippen LogP contribution is -1.97. The third kappa shape index (κ3) is 16.6. The molecule has 0 aromatic rings. The van der Waals surface area contributed by atoms with E-state index in [1.807, 2.05) is 0 Å². The third-order valence-electron chi connectivity index (χ3n) is 4.96. The highest BCUT2D eigenvalue weighted by Crippen LogP contribution is 2.33. The van der Waals surface area contributed by atoms with E-state index in [1.165, 1.54) is 89.9 Å². The highest BCUT2D eigenvalue weighted by Gasteiger charge is 2.43. The predicted molar refractivity (Wildman–Crippen MR) is 104 cm³/mol. The smallest absolute Gasteiger partial charge is 0.0889 e. The summed E-state index contributed by atoms with van der Waals surface area (Å²) in [7, 11) is 0. The maximum absolute atomic E-state index is 5.47. The van der Waals surface area contributed by atoms with E-state index in [0.29, 0.717) is 6.10 Å². The molecule has 0 saturated carbocycles. The van der Waals surface area contributed by atoms with Crippen molar-refractivity contribution < 1.29 is 4.74 Å². The number of hydrogen-bond acceptors (Lipinski definition) is 2. The predicted octanol–water partition coefficient (Wildman–Crippen LogP) is 6.61. The Morgan fingerprint density at radius 2 is 0.957 bits per heavy atom. The maximum Gasteiger partial charge on any atom is 0.0889 e. The van der Waals surface area contributed by atoms with Crippen LogP contribution in [0.25, 0.3) is 0 Å². The standard InChI is InChI=1S/C16H35N.C5H10O/c1-2-3-4-5-6-7-8-9-10-11-12-13-14-15-16-17;1-4-5(2,3)6-4/h2-17H2,1H3;4H,1-3H3. The molecule has 0 aromatic carbocycles. The van der Waals surface area contributed by atoms with Crippen molar-refractivity contribution in [1.82, 2.24) is 0 Å². The zero-order chi connectivity index (χ0) is 17.4. The molecule has 0 amide bonds. The van der Waals surface area contributed by atoms with E-state index >= 15 is 0 Å². The Balaban J connectivity index is 0.000000664. The summed E-state index contributed by atoms with van der Waals surface area (Å²) in [5, 5.41) is 0. The molecule has 0 spiro atoms. The molecule has 23 heavy (non-hydrogen) atoms. The van der Waals surface area contributed by atoms with Crippen molar-refractivity contribution in [3.63, 3.8) is 0 Å². The summed E-state index contributed by atoms with van der Waals surface area (Å²) in [6, 6.07) is 0. The highest BCUT2D eigenvalue weighted by molar-refractivity contribution is 4.90. The molecule has 1 saturated heterocycles. The van der Waals surface area contributed by atoms with E-state index in [2.05, 4.69) is 27.7 Å². The van der Waals surface area contributed by atoms with Gasteiger partial charge in [0, 0.05) is 0 Å². The van der Waals surface area contributed by atoms with Gasteiger partial charge in [0.1, 0.15) is 0 Å². The van der Waals surface area contributed by atoms with Crippen LogP contribution in [0.3, 0.4) is 0 Å². The summed E-state index contributed by atoms with van der Waals surface area (Å²) in [6.45, 7) is 9.43. The molecule has 1 aliphatic rings. The number of nitrogens with two attached hydrogens (primary N) is 1. The van der Waals surface area contributed by atoms with E-state index in [1.54, 1.807) is 0 Å². The molecule has 2 heteroatoms. The molecule has 2 nitrogen and oxygen atoms in total. The molecule has 0 aliphatic carbocycles. The molecule has 2 N–H and O–H groups in total. The van der Waals surface area contributed by atoms with Crippen LogP contribution in [0, 0.1) is 0 Å². The van der Waals surface area contributed by atoms with E-state index in [0.717, 1.165) is 6.54 Å². The quantitative estimate of drug-likeness (QED) is 0.288. The molecule has 1 aliphatic heterocycles. The minimum absolute atomic E-state index is 0.208. The first-order valence-electron chi connectivity index (χ1n) is 10.4. The fourth-order valence-corrected chi connectivity index (χ4v) is 2.76. The first-order chi connectivity index (χ1) is 11.0. The Hall–Kier alpha value is -0.0800. The van der Waals surface area contributed by atoms with Crippen LogP contribution in [-0.4, -0.2) is 18.2 Å². The largest absolute Gasteiger partial charge is 0.367 e. The van der Waals surface area contributed by atoms with Gasteiger partial charge in [-0.1, -0.05) is 90.4 Å². The molecular weight excluding hydrogens is 282 g/mol. The molecule has 140 valence electrons. The zero-order valence-corrected chi connectivity index (χ0v) is 16.7. The summed E-state index contributed by atoms with van der Waals surface area (Å²) in [5.74, 6) is 0. The van der Waals surface area contributed by atoms with Crippen LogP contribution in [0.5, 0.6) is 0 Å². The van der Waals surface area contributed by atoms with Crippen LogP contribution >= 0.6 is 0 Å². The SMILES string of the molecule is CC1OC1(C)C.CCCCCCCCCCCCCCCCN. The first-order valence-corrected chi connectivity index (χ1v) is 10.4. The van der Waals surface area contributed by atoms with Crippen molar-refractivity contribution in [3.8, 4) is 0 Å². The van der Waals surface area contributed by atoms with Crippen LogP contribution < -0.4 is 5.73 Å². The zero-order valence-electron chi connectivity index (χ0n) is 16.7. The Morgan fingerprint density at radius 1 is 0.696 bits per heavy atom. The first kappa shape index (κ1) is 22.9. The number of ether oxygens (including phenoxy) is 1. The van der Waals surface area contributed by atoms with Crippen molar-refractivity contribution in [1.29, 1.82) is 0 Å². The number of rotatable bonds is 14. The van der Waals surface area contributed by atoms with Crippen LogP contribution in [0.4, 0.5) is 0 Å². The fourth-order valence-electron chi connectivity index (χ4n) is 2.76. The van der Waals surface area contributed by atoms with Gasteiger partial charge in [-0.05, 0) is 33.7 Å². The third-order valence-corrected chi connectivity index (χ3v) is 4.96. The van der Waals surface area contributed by atoms with Gasteiger partial charge in [-0.15, -0.1) is 0 Å². The topological polar surface area (TPSA) is 38.5 Å². The average molecular weight is 328 g/mol. The van der Waals surface area contributed by atoms with Gasteiger partial charge in [0.15, 0.2) is 0 Å². The van der Waals surface area contributed by atoms with Crippen LogP contribution in [-0.2, 0) is 4.74 Å². The summed E-state index contributed by atoms with van der Waals surface area (Å²) in [4.78, 5) is 0. The Morgan fingerprint density at radius 3 is 1.17 bits per heavy atom. The lowest BCUT2D eigenvalue weighted by atomic mass is 10.0. The maximum atomic E-state index is 5.47. The molecule has 0 bridgehead atoms. The van der Waals surface area contributed by atoms with Crippen LogP contribution in [0.15, 0.2) is 0 Å². The van der Waals surface area contributed by atoms with Gasteiger partial charge in [-0.25, -0.2) is 0 Å². The van der Waals surface area contributed by atoms with Gasteiger partial charge < -0.3 is 10.5 Å². The van der Waals surface area contributed by atoms with E-state index < -0.39 is 0 Å². The normalized spacial score (nSPS) is 18.4. The lowest BCUT2D eigenvalue weighted by molar-refractivity contribution is 0.328. The van der Waals surface area contributed by atoms with Crippen molar-refractivity contribution in [2.75, 3.05) is 6.54 Å². The van der Waals surface area contributed by atoms with Crippen molar-refractivity contribution in [2.45, 2.75) is 129 Å². The second kappa shape index (κ2) is 15.4. The monoisotopic (exact) mass is 327 g/mol. The van der Waals surface area contributed by atoms with Gasteiger partial charge in [0.25, 0.3) is 0 Å². The fraction of sp³-hybridized carbons (Fsp3) is 1.00. The molecular formula is C21H45NO. The molecule has 1 atom stereocenters. The van der Waals surface area contributed by atoms with Gasteiger partial charge in [0.05, 0.1) is 11.7 Å². The summed E-state index contributed by atoms with van der Waals surface area (Å²) >= 11 is 0. The van der Waals surface area contributed by atoms with Gasteiger partial charge in [-0.3, -0.25) is 0 Å². The van der Waals surface area contributed by atoms with Gasteiger partial charge in [-0.2, -0.15) is 0 Å². The molecule has 1 fully saturated rings. The van der Waals surface area contributed by atoms with Crippen molar-refractivity contribution >= 4 is 0 Å². The number of hydrogen-bond donors (Lipinski definition) is 1. The Labute approximate surface area is 146 Å². The van der Waals surface area contributed by atoms with E-state index in [9.17, 15) is 0 Å². The molecule has 0 aromatic heterocycles. The van der Waals surface area contributed by atoms with Crippen LogP contribution in [0.2, 0.25) is 0 Å². The Kier molecular flexibility index (Phi) is 15.4. The Bertz CT molecular complexity index is 226. The summed E-state index contributed by atoms with van der Waals surface area (Å²) in [6.07, 6.45) is 20.4. The molecule has 1 rings (SSSR count). The molecule has 1 heterocycles. The summed E-state index contributed by atoms with van der Waals surface area (Å²) < 4.78 is 5.10. The van der Waals surface area contributed by atoms with E-state index in [-0.39, 0.29) is 5.60 Å². The average Bonchev–Trinajstić information content (AvgIpc) is 3.08. The minimum atomic E-state index is 0.208. The second-order valence-electron chi connectivity index (χ2n) is 7.75. The lowest BCUT2D eigenvalue weighted by Gasteiger charge is -2.02. The van der Waals surface area contributed by atoms with Gasteiger partial charge in [0.2, 0.25) is 0 Å². The number of unbranched alkanes of at least 4 members (excludes halogenated alkanes) is 13. The number of epoxide rings is 1. The minimum Gasteiger partial charge on any atom is -0.367 e. The highest BCUT2D eigenvalue weighted by atomic mass is 16.6. The van der Waals surface area contributed by atoms with Crippen molar-refractivity contribution in [2.24, 2.45) is 5.73 Å². The van der Waals surface area contributed by atoms with Gasteiger partial charge >= 0.3 is 0 Å². The molecule has 0 radical (unpaired) electrons. The van der Waals surface area contributed by atoms with Crippen molar-refractivity contribution in [3.05, 3.63) is 0 Å². The summed E-state index contributed by atoms with van der Waals surface area (Å²) in [5.41, 5.74) is 5.68. The van der Waals surface area contributed by atoms with E-state index in [4.69, 9.17) is 10.5 Å². The molecule has 1 unspecified atom stereocenters. The second-order valence-corrected chi connectivity index (χ2v) is 7.75. The van der Waals surface area contributed by atoms with Crippen LogP contribution in [0.1, 0.15) is 118 Å².